The van der Waals surface area contributed by atoms with Crippen molar-refractivity contribution in [3.63, 3.8) is 0 Å². The molecule has 0 aliphatic heterocycles. The molecular weight excluding hydrogens is 250 g/mol. The Morgan fingerprint density at radius 1 is 1.47 bits per heavy atom. The summed E-state index contributed by atoms with van der Waals surface area (Å²) in [4.78, 5) is 5.76. The lowest BCUT2D eigenvalue weighted by atomic mass is 10.2. The van der Waals surface area contributed by atoms with E-state index in [1.165, 1.54) is 5.69 Å². The zero-order valence-corrected chi connectivity index (χ0v) is 12.1. The number of hydrogen-bond acceptors (Lipinski definition) is 4. The third-order valence-corrected chi connectivity index (χ3v) is 4.58. The molecule has 0 radical (unpaired) electrons. The Hall–Kier alpha value is -0.520. The van der Waals surface area contributed by atoms with E-state index in [9.17, 15) is 0 Å². The number of hydrogen-bond donors (Lipinski definition) is 1. The van der Waals surface area contributed by atoms with Crippen molar-refractivity contribution >= 4 is 28.1 Å². The quantitative estimate of drug-likeness (QED) is 0.848. The summed E-state index contributed by atoms with van der Waals surface area (Å²) in [5.41, 5.74) is 7.19. The molecule has 0 saturated heterocycles. The van der Waals surface area contributed by atoms with Crippen LogP contribution in [0.5, 0.6) is 0 Å². The highest BCUT2D eigenvalue weighted by Gasteiger charge is 2.15. The van der Waals surface area contributed by atoms with Gasteiger partial charge in [0.1, 0.15) is 5.03 Å². The minimum absolute atomic E-state index is 0.174. The Morgan fingerprint density at radius 3 is 2.88 bits per heavy atom. The third-order valence-electron chi connectivity index (χ3n) is 2.39. The summed E-state index contributed by atoms with van der Waals surface area (Å²) >= 11 is 3.53. The molecule has 0 saturated carbocycles. The summed E-state index contributed by atoms with van der Waals surface area (Å²) in [5.74, 6) is 1.79. The van der Waals surface area contributed by atoms with E-state index in [2.05, 4.69) is 34.8 Å². The van der Waals surface area contributed by atoms with E-state index in [4.69, 9.17) is 5.73 Å². The van der Waals surface area contributed by atoms with Crippen LogP contribution in [0.4, 0.5) is 0 Å². The van der Waals surface area contributed by atoms with Gasteiger partial charge in [0.2, 0.25) is 0 Å². The zero-order chi connectivity index (χ0) is 12.4. The maximum absolute atomic E-state index is 5.92. The molecule has 1 atom stereocenters. The van der Waals surface area contributed by atoms with Crippen LogP contribution in [0.3, 0.4) is 0 Å². The number of aromatic nitrogens is 2. The van der Waals surface area contributed by atoms with Gasteiger partial charge in [-0.2, -0.15) is 0 Å². The van der Waals surface area contributed by atoms with Gasteiger partial charge in [0.05, 0.1) is 5.69 Å². The second-order valence-corrected chi connectivity index (χ2v) is 6.69. The fourth-order valence-electron chi connectivity index (χ4n) is 1.66. The summed E-state index contributed by atoms with van der Waals surface area (Å²) in [6, 6.07) is 0.174. The zero-order valence-electron chi connectivity index (χ0n) is 10.5. The summed E-state index contributed by atoms with van der Waals surface area (Å²) in [5, 5.41) is 3.23. The monoisotopic (exact) mass is 269 g/mol. The van der Waals surface area contributed by atoms with E-state index in [-0.39, 0.29) is 6.04 Å². The van der Waals surface area contributed by atoms with Gasteiger partial charge in [-0.1, -0.05) is 13.8 Å². The Morgan fingerprint density at radius 2 is 2.24 bits per heavy atom. The maximum atomic E-state index is 5.92. The number of imidazole rings is 1. The van der Waals surface area contributed by atoms with Gasteiger partial charge in [-0.15, -0.1) is 23.1 Å². The highest BCUT2D eigenvalue weighted by atomic mass is 32.2. The molecule has 0 spiro atoms. The van der Waals surface area contributed by atoms with Gasteiger partial charge in [0.15, 0.2) is 4.96 Å². The van der Waals surface area contributed by atoms with Crippen LogP contribution in [-0.4, -0.2) is 21.2 Å². The lowest BCUT2D eigenvalue weighted by Gasteiger charge is -2.07. The molecular formula is C12H19N3S2. The van der Waals surface area contributed by atoms with Gasteiger partial charge in [0.25, 0.3) is 0 Å². The molecule has 0 amide bonds. The van der Waals surface area contributed by atoms with E-state index in [0.29, 0.717) is 5.92 Å². The minimum Gasteiger partial charge on any atom is -0.328 e. The van der Waals surface area contributed by atoms with Crippen molar-refractivity contribution in [1.29, 1.82) is 0 Å². The molecule has 17 heavy (non-hydrogen) atoms. The lowest BCUT2D eigenvalue weighted by Crippen LogP contribution is -2.19. The average Bonchev–Trinajstić information content (AvgIpc) is 2.77. The Bertz CT molecular complexity index is 485. The maximum Gasteiger partial charge on any atom is 0.194 e. The summed E-state index contributed by atoms with van der Waals surface area (Å²) in [7, 11) is 0. The molecule has 0 aliphatic carbocycles. The molecule has 0 aliphatic rings. The predicted molar refractivity (Wildman–Crippen MR) is 76.0 cm³/mol. The SMILES string of the molecule is CC(C)CSc1nc2sccn2c1CC(C)N. The lowest BCUT2D eigenvalue weighted by molar-refractivity contribution is 0.704. The first-order valence-corrected chi connectivity index (χ1v) is 7.77. The summed E-state index contributed by atoms with van der Waals surface area (Å²) in [6.45, 7) is 6.51. The molecule has 5 heteroatoms. The van der Waals surface area contributed by atoms with Crippen LogP contribution in [0.25, 0.3) is 4.96 Å². The van der Waals surface area contributed by atoms with Gasteiger partial charge >= 0.3 is 0 Å². The van der Waals surface area contributed by atoms with E-state index in [0.717, 1.165) is 22.2 Å². The smallest absolute Gasteiger partial charge is 0.194 e. The van der Waals surface area contributed by atoms with E-state index < -0.39 is 0 Å². The molecule has 0 fully saturated rings. The van der Waals surface area contributed by atoms with Gasteiger partial charge in [-0.05, 0) is 12.8 Å². The number of thioether (sulfide) groups is 1. The topological polar surface area (TPSA) is 43.3 Å². The highest BCUT2D eigenvalue weighted by molar-refractivity contribution is 7.99. The third kappa shape index (κ3) is 3.03. The van der Waals surface area contributed by atoms with Crippen molar-refractivity contribution in [3.8, 4) is 0 Å². The van der Waals surface area contributed by atoms with Crippen LogP contribution < -0.4 is 5.73 Å². The molecule has 1 unspecified atom stereocenters. The Labute approximate surface area is 110 Å². The number of fused-ring (bicyclic) bond motifs is 1. The van der Waals surface area contributed by atoms with Crippen LogP contribution in [0, 0.1) is 5.92 Å². The first-order chi connectivity index (χ1) is 8.08. The van der Waals surface area contributed by atoms with Crippen molar-refractivity contribution in [1.82, 2.24) is 9.38 Å². The van der Waals surface area contributed by atoms with Gasteiger partial charge in [-0.25, -0.2) is 4.98 Å². The first kappa shape index (κ1) is 12.9. The molecule has 0 bridgehead atoms. The van der Waals surface area contributed by atoms with Gasteiger partial charge in [0, 0.05) is 29.8 Å². The molecule has 3 nitrogen and oxygen atoms in total. The normalized spacial score (nSPS) is 13.7. The van der Waals surface area contributed by atoms with E-state index in [1.54, 1.807) is 11.3 Å². The molecule has 2 N–H and O–H groups in total. The first-order valence-electron chi connectivity index (χ1n) is 5.90. The molecule has 2 aromatic heterocycles. The molecule has 0 aromatic carbocycles. The van der Waals surface area contributed by atoms with Crippen LogP contribution in [0.2, 0.25) is 0 Å². The van der Waals surface area contributed by atoms with Crippen LogP contribution in [0.1, 0.15) is 26.5 Å². The van der Waals surface area contributed by atoms with Crippen molar-refractivity contribution < 1.29 is 0 Å². The predicted octanol–water partition coefficient (Wildman–Crippen LogP) is 3.03. The second kappa shape index (κ2) is 5.42. The van der Waals surface area contributed by atoms with Crippen molar-refractivity contribution in [2.75, 3.05) is 5.75 Å². The fourth-order valence-corrected chi connectivity index (χ4v) is 3.45. The van der Waals surface area contributed by atoms with Crippen LogP contribution in [0.15, 0.2) is 16.6 Å². The Kier molecular flexibility index (Phi) is 4.12. The van der Waals surface area contributed by atoms with Crippen molar-refractivity contribution in [3.05, 3.63) is 17.3 Å². The standard InChI is InChI=1S/C12H19N3S2/c1-8(2)7-17-11-10(6-9(3)13)15-4-5-16-12(15)14-11/h4-5,8-9H,6-7,13H2,1-3H3. The van der Waals surface area contributed by atoms with E-state index >= 15 is 0 Å². The van der Waals surface area contributed by atoms with Gasteiger partial charge < -0.3 is 5.73 Å². The largest absolute Gasteiger partial charge is 0.328 e. The number of nitrogens with two attached hydrogens (primary N) is 1. The average molecular weight is 269 g/mol. The number of rotatable bonds is 5. The minimum atomic E-state index is 0.174. The fraction of sp³-hybridized carbons (Fsp3) is 0.583. The van der Waals surface area contributed by atoms with Crippen LogP contribution >= 0.6 is 23.1 Å². The van der Waals surface area contributed by atoms with Crippen molar-refractivity contribution in [2.45, 2.75) is 38.3 Å². The Balaban J connectivity index is 2.29. The molecule has 2 rings (SSSR count). The van der Waals surface area contributed by atoms with E-state index in [1.807, 2.05) is 18.7 Å². The number of nitrogens with zero attached hydrogens (tertiary/aromatic N) is 2. The highest BCUT2D eigenvalue weighted by Crippen LogP contribution is 2.28. The number of thiazole rings is 1. The molecule has 2 aromatic rings. The second-order valence-electron chi connectivity index (χ2n) is 4.81. The molecule has 2 heterocycles. The summed E-state index contributed by atoms with van der Waals surface area (Å²) in [6.07, 6.45) is 2.97. The summed E-state index contributed by atoms with van der Waals surface area (Å²) < 4.78 is 2.18. The van der Waals surface area contributed by atoms with Gasteiger partial charge in [-0.3, -0.25) is 4.40 Å². The van der Waals surface area contributed by atoms with Crippen molar-refractivity contribution in [2.24, 2.45) is 11.7 Å². The molecule has 94 valence electrons. The van der Waals surface area contributed by atoms with Crippen LogP contribution in [-0.2, 0) is 6.42 Å².